The van der Waals surface area contributed by atoms with Crippen molar-refractivity contribution in [3.05, 3.63) is 0 Å². The Labute approximate surface area is 176 Å². The number of alkyl halides is 11. The molecule has 1 atom stereocenters. The van der Waals surface area contributed by atoms with Crippen LogP contribution >= 0.6 is 0 Å². The maximum Gasteiger partial charge on any atom is 0.516 e. The molecule has 0 radical (unpaired) electrons. The third-order valence-electron chi connectivity index (χ3n) is 3.50. The minimum atomic E-state index is -6.62. The quantitative estimate of drug-likeness (QED) is 0.368. The number of carbonyl (C=O) groups excluding carboxylic acids is 1. The van der Waals surface area contributed by atoms with Gasteiger partial charge in [0.2, 0.25) is 0 Å². The zero-order valence-electron chi connectivity index (χ0n) is 16.8. The van der Waals surface area contributed by atoms with Crippen molar-refractivity contribution in [3.8, 4) is 0 Å². The minimum Gasteiger partial charge on any atom is -0.380 e. The summed E-state index contributed by atoms with van der Waals surface area (Å²) in [6, 6.07) is -0.0629. The highest BCUT2D eigenvalue weighted by Gasteiger charge is 2.65. The highest BCUT2D eigenvalue weighted by molar-refractivity contribution is 7.90. The lowest BCUT2D eigenvalue weighted by Crippen LogP contribution is -2.54. The Morgan fingerprint density at radius 2 is 1.44 bits per heavy atom. The molecular weight excluding hydrogens is 501 g/mol. The highest BCUT2D eigenvalue weighted by Crippen LogP contribution is 2.36. The maximum atomic E-state index is 12.2. The summed E-state index contributed by atoms with van der Waals surface area (Å²) in [6.07, 6.45) is -9.93. The first-order valence-corrected chi connectivity index (χ1v) is 9.98. The molecule has 0 aliphatic heterocycles. The zero-order chi connectivity index (χ0) is 26.2. The van der Waals surface area contributed by atoms with Crippen LogP contribution in [0.2, 0.25) is 0 Å². The molecule has 0 bridgehead atoms. The zero-order valence-corrected chi connectivity index (χ0v) is 17.6. The molecule has 1 unspecified atom stereocenters. The van der Waals surface area contributed by atoms with Gasteiger partial charge in [0.25, 0.3) is 0 Å². The molecule has 0 aromatic carbocycles. The Morgan fingerprint density at radius 1 is 0.969 bits per heavy atom. The van der Waals surface area contributed by atoms with Crippen molar-refractivity contribution in [2.75, 3.05) is 26.3 Å². The summed E-state index contributed by atoms with van der Waals surface area (Å²) in [5, 5.41) is 0. The number of rotatable bonds is 9. The van der Waals surface area contributed by atoms with E-state index in [2.05, 4.69) is 0 Å². The lowest BCUT2D eigenvalue weighted by molar-refractivity contribution is -0.269. The van der Waals surface area contributed by atoms with E-state index in [4.69, 9.17) is 4.74 Å². The number of nitrogens with zero attached hydrogens (tertiary/aromatic N) is 1. The number of nitrogens with one attached hydrogen (secondary N) is 1. The van der Waals surface area contributed by atoms with Gasteiger partial charge in [-0.1, -0.05) is 6.92 Å². The van der Waals surface area contributed by atoms with Gasteiger partial charge >= 0.3 is 39.7 Å². The lowest BCUT2D eigenvalue weighted by atomic mass is 10.2. The predicted molar refractivity (Wildman–Crippen MR) is 88.0 cm³/mol. The van der Waals surface area contributed by atoms with Crippen LogP contribution < -0.4 is 4.72 Å². The molecule has 0 rings (SSSR count). The molecule has 0 aromatic heterocycles. The molecule has 0 aromatic rings. The summed E-state index contributed by atoms with van der Waals surface area (Å²) >= 11 is 0. The first kappa shape index (κ1) is 32.7. The van der Waals surface area contributed by atoms with Crippen molar-refractivity contribution in [2.45, 2.75) is 57.0 Å². The van der Waals surface area contributed by atoms with Gasteiger partial charge < -0.3 is 4.74 Å². The first-order valence-electron chi connectivity index (χ1n) is 8.50. The molecule has 0 aliphatic rings. The maximum absolute atomic E-state index is 12.2. The van der Waals surface area contributed by atoms with Crippen LogP contribution in [0.1, 0.15) is 27.2 Å². The van der Waals surface area contributed by atoms with Gasteiger partial charge in [0.1, 0.15) is 0 Å². The summed E-state index contributed by atoms with van der Waals surface area (Å²) in [6.45, 7) is 5.90. The SMILES string of the molecule is CCOCCN(CC(F)(F)F)C(C)CC.O=C(NS(=O)(=O)C(F)(F)F)C(F)(F)C(F)(F)F. The molecule has 0 aliphatic carbocycles. The molecular formula is C14H21F11N2O4S. The largest absolute Gasteiger partial charge is 0.516 e. The molecule has 194 valence electrons. The van der Waals surface area contributed by atoms with E-state index in [1.807, 2.05) is 13.8 Å². The summed E-state index contributed by atoms with van der Waals surface area (Å²) in [5.74, 6) is -9.90. The summed E-state index contributed by atoms with van der Waals surface area (Å²) in [5.41, 5.74) is -6.19. The molecule has 0 saturated heterocycles. The van der Waals surface area contributed by atoms with Gasteiger partial charge in [0.15, 0.2) is 0 Å². The van der Waals surface area contributed by atoms with E-state index in [-0.39, 0.29) is 6.04 Å². The fourth-order valence-corrected chi connectivity index (χ4v) is 2.13. The Kier molecular flexibility index (Phi) is 12.4. The van der Waals surface area contributed by atoms with Crippen LogP contribution in [0.15, 0.2) is 0 Å². The standard InChI is InChI=1S/C10H20F3NO.C4HF8NO3S/c1-4-9(3)14(6-7-15-5-2)8-10(11,12)13;5-2(6,3(7,8)9)1(14)13-17(15,16)4(10,11)12/h9H,4-8H2,1-3H3;(H,13,14). The molecule has 0 spiro atoms. The van der Waals surface area contributed by atoms with E-state index in [0.717, 1.165) is 0 Å². The van der Waals surface area contributed by atoms with Gasteiger partial charge in [0.05, 0.1) is 13.2 Å². The second-order valence-electron chi connectivity index (χ2n) is 5.99. The average Bonchev–Trinajstić information content (AvgIpc) is 2.57. The summed E-state index contributed by atoms with van der Waals surface area (Å²) < 4.78 is 155. The van der Waals surface area contributed by atoms with Crippen LogP contribution in [0.3, 0.4) is 0 Å². The average molecular weight is 522 g/mol. The van der Waals surface area contributed by atoms with E-state index < -0.39 is 51.0 Å². The predicted octanol–water partition coefficient (Wildman–Crippen LogP) is 3.84. The first-order chi connectivity index (χ1) is 14.0. The van der Waals surface area contributed by atoms with E-state index in [1.54, 1.807) is 6.92 Å². The second-order valence-corrected chi connectivity index (χ2v) is 7.67. The summed E-state index contributed by atoms with van der Waals surface area (Å²) in [4.78, 5) is 11.5. The molecule has 1 amide bonds. The van der Waals surface area contributed by atoms with Gasteiger partial charge in [0, 0.05) is 19.2 Å². The topological polar surface area (TPSA) is 75.7 Å². The molecule has 18 heteroatoms. The highest BCUT2D eigenvalue weighted by atomic mass is 32.2. The third-order valence-corrected chi connectivity index (χ3v) is 4.56. The van der Waals surface area contributed by atoms with Gasteiger partial charge in [-0.15, -0.1) is 0 Å². The fraction of sp³-hybridized carbons (Fsp3) is 0.929. The molecule has 1 N–H and O–H groups in total. The smallest absolute Gasteiger partial charge is 0.380 e. The minimum absolute atomic E-state index is 0.0629. The van der Waals surface area contributed by atoms with E-state index in [9.17, 15) is 61.5 Å². The number of halogens is 11. The van der Waals surface area contributed by atoms with E-state index in [0.29, 0.717) is 26.2 Å². The number of ether oxygens (including phenoxy) is 1. The Bertz CT molecular complexity index is 676. The van der Waals surface area contributed by atoms with Gasteiger partial charge in [-0.2, -0.15) is 56.7 Å². The molecule has 0 fully saturated rings. The van der Waals surface area contributed by atoms with Crippen molar-refractivity contribution < 1.29 is 66.2 Å². The van der Waals surface area contributed by atoms with Crippen LogP contribution in [-0.4, -0.2) is 75.4 Å². The Morgan fingerprint density at radius 3 is 1.75 bits per heavy atom. The number of sulfonamides is 1. The number of hydrogen-bond acceptors (Lipinski definition) is 5. The van der Waals surface area contributed by atoms with E-state index in [1.165, 1.54) is 4.90 Å². The second kappa shape index (κ2) is 12.2. The van der Waals surface area contributed by atoms with Gasteiger partial charge in [-0.05, 0) is 20.3 Å². The fourth-order valence-electron chi connectivity index (χ4n) is 1.64. The van der Waals surface area contributed by atoms with Crippen molar-refractivity contribution in [3.63, 3.8) is 0 Å². The van der Waals surface area contributed by atoms with Crippen LogP contribution in [0.5, 0.6) is 0 Å². The Hall–Kier alpha value is -1.43. The van der Waals surface area contributed by atoms with Gasteiger partial charge in [-0.25, -0.2) is 4.72 Å². The van der Waals surface area contributed by atoms with Crippen LogP contribution in [0, 0.1) is 0 Å². The monoisotopic (exact) mass is 522 g/mol. The molecule has 6 nitrogen and oxygen atoms in total. The van der Waals surface area contributed by atoms with Crippen molar-refractivity contribution in [2.24, 2.45) is 0 Å². The number of amides is 1. The van der Waals surface area contributed by atoms with Crippen molar-refractivity contribution in [1.82, 2.24) is 9.62 Å². The number of carbonyl (C=O) groups is 1. The van der Waals surface area contributed by atoms with Gasteiger partial charge in [-0.3, -0.25) is 9.69 Å². The normalized spacial score (nSPS) is 14.6. The van der Waals surface area contributed by atoms with Crippen LogP contribution in [-0.2, 0) is 19.6 Å². The summed E-state index contributed by atoms with van der Waals surface area (Å²) in [7, 11) is -6.62. The molecule has 0 saturated carbocycles. The number of hydrogen-bond donors (Lipinski definition) is 1. The van der Waals surface area contributed by atoms with Crippen molar-refractivity contribution >= 4 is 15.9 Å². The molecule has 32 heavy (non-hydrogen) atoms. The van der Waals surface area contributed by atoms with E-state index >= 15 is 0 Å². The Balaban J connectivity index is 0. The third kappa shape index (κ3) is 11.4. The van der Waals surface area contributed by atoms with Crippen LogP contribution in [0.25, 0.3) is 0 Å². The van der Waals surface area contributed by atoms with Crippen LogP contribution in [0.4, 0.5) is 48.3 Å². The lowest BCUT2D eigenvalue weighted by Gasteiger charge is -2.28. The van der Waals surface area contributed by atoms with Crippen molar-refractivity contribution in [1.29, 1.82) is 0 Å². The molecule has 0 heterocycles.